The third-order valence-corrected chi connectivity index (χ3v) is 6.82. The van der Waals surface area contributed by atoms with Gasteiger partial charge in [0.2, 0.25) is 0 Å². The third-order valence-electron chi connectivity index (χ3n) is 6.82. The zero-order valence-corrected chi connectivity index (χ0v) is 18.2. The van der Waals surface area contributed by atoms with Crippen LogP contribution in [0, 0.1) is 12.7 Å². The first kappa shape index (κ1) is 20.1. The van der Waals surface area contributed by atoms with Crippen LogP contribution in [0.4, 0.5) is 4.39 Å². The molecular formula is C25H23FN4O3. The molecule has 2 aromatic carbocycles. The molecule has 6 rings (SSSR count). The number of hydrogen-bond acceptors (Lipinski definition) is 4. The lowest BCUT2D eigenvalue weighted by atomic mass is 10.0. The molecule has 0 bridgehead atoms. The van der Waals surface area contributed by atoms with Gasteiger partial charge in [-0.05, 0) is 49.1 Å². The molecular weight excluding hydrogens is 423 g/mol. The van der Waals surface area contributed by atoms with Crippen LogP contribution >= 0.6 is 0 Å². The average Bonchev–Trinajstić information content (AvgIpc) is 3.46. The molecule has 2 aliphatic heterocycles. The Kier molecular flexibility index (Phi) is 4.58. The Hall–Kier alpha value is -3.52. The van der Waals surface area contributed by atoms with Gasteiger partial charge in [-0.2, -0.15) is 0 Å². The van der Waals surface area contributed by atoms with E-state index in [1.807, 2.05) is 23.5 Å². The quantitative estimate of drug-likeness (QED) is 0.510. The van der Waals surface area contributed by atoms with Gasteiger partial charge in [-0.15, -0.1) is 0 Å². The van der Waals surface area contributed by atoms with E-state index in [0.29, 0.717) is 35.3 Å². The normalized spacial score (nSPS) is 18.2. The minimum atomic E-state index is -0.288. The predicted octanol–water partition coefficient (Wildman–Crippen LogP) is 3.67. The topological polar surface area (TPSA) is 79.7 Å². The van der Waals surface area contributed by atoms with Crippen molar-refractivity contribution in [3.63, 3.8) is 0 Å². The van der Waals surface area contributed by atoms with Crippen LogP contribution in [-0.4, -0.2) is 38.4 Å². The van der Waals surface area contributed by atoms with Gasteiger partial charge in [0, 0.05) is 36.7 Å². The van der Waals surface area contributed by atoms with E-state index < -0.39 is 0 Å². The fourth-order valence-corrected chi connectivity index (χ4v) is 5.10. The Morgan fingerprint density at radius 2 is 2.12 bits per heavy atom. The van der Waals surface area contributed by atoms with Gasteiger partial charge in [0.1, 0.15) is 17.2 Å². The third kappa shape index (κ3) is 3.16. The molecule has 2 aromatic heterocycles. The Balaban J connectivity index is 1.44. The average molecular weight is 446 g/mol. The van der Waals surface area contributed by atoms with E-state index in [2.05, 4.69) is 9.97 Å². The number of carbonyl (C=O) groups is 1. The summed E-state index contributed by atoms with van der Waals surface area (Å²) >= 11 is 0. The number of H-pyrrole nitrogens is 1. The maximum Gasteiger partial charge on any atom is 0.274 e. The Morgan fingerprint density at radius 3 is 2.91 bits per heavy atom. The number of rotatable bonds is 2. The van der Waals surface area contributed by atoms with Gasteiger partial charge in [0.25, 0.3) is 11.5 Å². The van der Waals surface area contributed by atoms with Crippen LogP contribution in [-0.2, 0) is 17.8 Å². The Morgan fingerprint density at radius 1 is 1.24 bits per heavy atom. The molecule has 33 heavy (non-hydrogen) atoms. The summed E-state index contributed by atoms with van der Waals surface area (Å²) < 4.78 is 21.7. The van der Waals surface area contributed by atoms with Crippen molar-refractivity contribution in [2.24, 2.45) is 0 Å². The van der Waals surface area contributed by atoms with Crippen LogP contribution in [0.2, 0.25) is 0 Å². The van der Waals surface area contributed by atoms with Crippen molar-refractivity contribution in [3.05, 3.63) is 80.8 Å². The van der Waals surface area contributed by atoms with Crippen molar-refractivity contribution in [2.45, 2.75) is 38.8 Å². The molecule has 1 fully saturated rings. The van der Waals surface area contributed by atoms with E-state index in [-0.39, 0.29) is 29.7 Å². The Labute approximate surface area is 188 Å². The second-order valence-corrected chi connectivity index (χ2v) is 8.93. The van der Waals surface area contributed by atoms with Gasteiger partial charge in [-0.3, -0.25) is 14.0 Å². The lowest BCUT2D eigenvalue weighted by molar-refractivity contribution is 0.0750. The van der Waals surface area contributed by atoms with Crippen molar-refractivity contribution in [1.82, 2.24) is 19.3 Å². The summed E-state index contributed by atoms with van der Waals surface area (Å²) in [6.45, 7) is 3.81. The van der Waals surface area contributed by atoms with Crippen LogP contribution in [0.25, 0.3) is 16.6 Å². The summed E-state index contributed by atoms with van der Waals surface area (Å²) in [5.74, 6) is 0.456. The van der Waals surface area contributed by atoms with Gasteiger partial charge in [0.15, 0.2) is 0 Å². The van der Waals surface area contributed by atoms with E-state index >= 15 is 0 Å². The second kappa shape index (κ2) is 7.52. The van der Waals surface area contributed by atoms with E-state index in [4.69, 9.17) is 4.74 Å². The van der Waals surface area contributed by atoms with Gasteiger partial charge < -0.3 is 14.6 Å². The van der Waals surface area contributed by atoms with E-state index in [1.165, 1.54) is 6.07 Å². The number of halogens is 1. The van der Waals surface area contributed by atoms with Crippen molar-refractivity contribution in [2.75, 3.05) is 13.2 Å². The summed E-state index contributed by atoms with van der Waals surface area (Å²) in [6.07, 6.45) is 3.51. The number of benzene rings is 2. The van der Waals surface area contributed by atoms with Crippen LogP contribution in [0.1, 0.15) is 51.6 Å². The van der Waals surface area contributed by atoms with Crippen molar-refractivity contribution in [3.8, 4) is 0 Å². The summed E-state index contributed by atoms with van der Waals surface area (Å²) in [5.41, 5.74) is 4.27. The highest BCUT2D eigenvalue weighted by Crippen LogP contribution is 2.30. The molecule has 0 saturated carbocycles. The number of nitrogens with zero attached hydrogens (tertiary/aromatic N) is 3. The molecule has 2 aliphatic rings. The molecule has 4 heterocycles. The number of imidazole rings is 1. The zero-order valence-electron chi connectivity index (χ0n) is 18.2. The van der Waals surface area contributed by atoms with Crippen LogP contribution in [0.3, 0.4) is 0 Å². The molecule has 0 spiro atoms. The van der Waals surface area contributed by atoms with Crippen molar-refractivity contribution >= 4 is 22.5 Å². The fourth-order valence-electron chi connectivity index (χ4n) is 5.10. The molecule has 1 saturated heterocycles. The number of aromatic nitrogens is 3. The fraction of sp³-hybridized carbons (Fsp3) is 0.320. The highest BCUT2D eigenvalue weighted by molar-refractivity contribution is 5.99. The minimum Gasteiger partial charge on any atom is -0.381 e. The smallest absolute Gasteiger partial charge is 0.274 e. The van der Waals surface area contributed by atoms with E-state index in [1.54, 1.807) is 23.2 Å². The molecule has 168 valence electrons. The van der Waals surface area contributed by atoms with E-state index in [9.17, 15) is 14.0 Å². The summed E-state index contributed by atoms with van der Waals surface area (Å²) in [6, 6.07) is 8.59. The maximum absolute atomic E-state index is 14.2. The molecule has 0 radical (unpaired) electrons. The standard InChI is InChI=1S/C25H23FN4O3/c1-14-8-21-20(9-17(14)25(32)29-11-15-4-2-6-19(26)18(15)12-29)28-24(31)22-10-27-23(30(21)22)16-5-3-7-33-13-16/h2,4,6,8-10,16H,3,5,7,11-13H2,1H3,(H,28,31). The summed E-state index contributed by atoms with van der Waals surface area (Å²) in [4.78, 5) is 35.3. The number of nitrogens with one attached hydrogen (secondary N) is 1. The number of carbonyl (C=O) groups excluding carboxylic acids is 1. The first-order chi connectivity index (χ1) is 16.0. The predicted molar refractivity (Wildman–Crippen MR) is 121 cm³/mol. The lowest BCUT2D eigenvalue weighted by Gasteiger charge is -2.22. The lowest BCUT2D eigenvalue weighted by Crippen LogP contribution is -2.26. The SMILES string of the molecule is Cc1cc2c(cc1C(=O)N1Cc3cccc(F)c3C1)[nH]c(=O)c1cnc(C3CCCOC3)n12. The van der Waals surface area contributed by atoms with E-state index in [0.717, 1.165) is 41.9 Å². The highest BCUT2D eigenvalue weighted by Gasteiger charge is 2.28. The van der Waals surface area contributed by atoms with Gasteiger partial charge in [0.05, 0.1) is 23.8 Å². The molecule has 0 aliphatic carbocycles. The maximum atomic E-state index is 14.2. The van der Waals surface area contributed by atoms with Gasteiger partial charge in [-0.1, -0.05) is 12.1 Å². The van der Waals surface area contributed by atoms with Gasteiger partial charge in [-0.25, -0.2) is 9.37 Å². The highest BCUT2D eigenvalue weighted by atomic mass is 19.1. The molecule has 1 N–H and O–H groups in total. The molecule has 7 nitrogen and oxygen atoms in total. The first-order valence-corrected chi connectivity index (χ1v) is 11.2. The number of fused-ring (bicyclic) bond motifs is 4. The molecule has 1 unspecified atom stereocenters. The monoisotopic (exact) mass is 446 g/mol. The number of hydrogen-bond donors (Lipinski definition) is 1. The molecule has 4 aromatic rings. The summed E-state index contributed by atoms with van der Waals surface area (Å²) in [5, 5.41) is 0. The molecule has 1 atom stereocenters. The first-order valence-electron chi connectivity index (χ1n) is 11.2. The number of amides is 1. The Bertz CT molecular complexity index is 1480. The minimum absolute atomic E-state index is 0.117. The molecule has 8 heteroatoms. The number of ether oxygens (including phenoxy) is 1. The van der Waals surface area contributed by atoms with Crippen LogP contribution < -0.4 is 5.56 Å². The zero-order chi connectivity index (χ0) is 22.7. The summed E-state index contributed by atoms with van der Waals surface area (Å²) in [7, 11) is 0. The number of aromatic amines is 1. The molecule has 1 amide bonds. The second-order valence-electron chi connectivity index (χ2n) is 8.93. The van der Waals surface area contributed by atoms with Gasteiger partial charge >= 0.3 is 0 Å². The van der Waals surface area contributed by atoms with Crippen LogP contribution in [0.5, 0.6) is 0 Å². The van der Waals surface area contributed by atoms with Crippen molar-refractivity contribution < 1.29 is 13.9 Å². The van der Waals surface area contributed by atoms with Crippen molar-refractivity contribution in [1.29, 1.82) is 0 Å². The number of aryl methyl sites for hydroxylation is 1. The van der Waals surface area contributed by atoms with Crippen LogP contribution in [0.15, 0.2) is 41.3 Å². The largest absolute Gasteiger partial charge is 0.381 e.